The second-order valence-electron chi connectivity index (χ2n) is 3.54. The van der Waals surface area contributed by atoms with E-state index in [0.717, 1.165) is 0 Å². The summed E-state index contributed by atoms with van der Waals surface area (Å²) in [5.74, 6) is -2.07. The first-order valence-corrected chi connectivity index (χ1v) is 6.18. The Balaban J connectivity index is 2.63. The van der Waals surface area contributed by atoms with Crippen LogP contribution in [0.15, 0.2) is 0 Å². The van der Waals surface area contributed by atoms with E-state index in [0.29, 0.717) is 19.5 Å². The molecule has 0 spiro atoms. The molecule has 4 N–H and O–H groups in total. The zero-order valence-electron chi connectivity index (χ0n) is 7.59. The van der Waals surface area contributed by atoms with Gasteiger partial charge in [-0.25, -0.2) is 0 Å². The summed E-state index contributed by atoms with van der Waals surface area (Å²) < 4.78 is 10.7. The van der Waals surface area contributed by atoms with Gasteiger partial charge in [-0.15, -0.1) is 0 Å². The van der Waals surface area contributed by atoms with E-state index in [1.54, 1.807) is 0 Å². The van der Waals surface area contributed by atoms with E-state index >= 15 is 0 Å². The lowest BCUT2D eigenvalue weighted by atomic mass is 9.88. The van der Waals surface area contributed by atoms with Gasteiger partial charge in [-0.05, 0) is 25.4 Å². The minimum atomic E-state index is -4.11. The first kappa shape index (κ1) is 11.7. The van der Waals surface area contributed by atoms with Crippen molar-refractivity contribution in [3.8, 4) is 0 Å². The first-order valence-electron chi connectivity index (χ1n) is 4.38. The van der Waals surface area contributed by atoms with Crippen molar-refractivity contribution >= 4 is 13.6 Å². The lowest BCUT2D eigenvalue weighted by Gasteiger charge is -2.29. The van der Waals surface area contributed by atoms with Crippen LogP contribution in [0.3, 0.4) is 0 Å². The zero-order chi connectivity index (χ0) is 10.8. The fraction of sp³-hybridized carbons (Fsp3) is 0.857. The molecule has 0 aromatic heterocycles. The highest BCUT2D eigenvalue weighted by atomic mass is 31.2. The number of carboxylic acid groups (broad SMARTS) is 1. The second kappa shape index (κ2) is 4.40. The summed E-state index contributed by atoms with van der Waals surface area (Å²) in [6.45, 7) is 0.955. The van der Waals surface area contributed by atoms with E-state index in [1.165, 1.54) is 0 Å². The van der Waals surface area contributed by atoms with Crippen molar-refractivity contribution in [1.82, 2.24) is 5.32 Å². The van der Waals surface area contributed by atoms with Gasteiger partial charge in [0.15, 0.2) is 0 Å². The molecular weight excluding hydrogens is 209 g/mol. The minimum absolute atomic E-state index is 0.350. The largest absolute Gasteiger partial charge is 0.481 e. The third-order valence-electron chi connectivity index (χ3n) is 2.40. The lowest BCUT2D eigenvalue weighted by Crippen LogP contribution is -2.41. The number of hydrogen-bond acceptors (Lipinski definition) is 3. The Morgan fingerprint density at radius 1 is 1.50 bits per heavy atom. The van der Waals surface area contributed by atoms with Crippen molar-refractivity contribution in [2.24, 2.45) is 11.8 Å². The molecule has 0 amide bonds. The van der Waals surface area contributed by atoms with Crippen LogP contribution in [0.2, 0.25) is 0 Å². The number of nitrogens with one attached hydrogen (secondary N) is 1. The summed E-state index contributed by atoms with van der Waals surface area (Å²) in [6, 6.07) is 0. The maximum Gasteiger partial charge on any atom is 0.325 e. The highest BCUT2D eigenvalue weighted by Gasteiger charge is 2.34. The predicted molar refractivity (Wildman–Crippen MR) is 49.0 cm³/mol. The number of piperidine rings is 1. The summed E-state index contributed by atoms with van der Waals surface area (Å²) in [7, 11) is -4.11. The summed E-state index contributed by atoms with van der Waals surface area (Å²) in [5.41, 5.74) is 0. The average molecular weight is 223 g/mol. The minimum Gasteiger partial charge on any atom is -0.481 e. The topological polar surface area (TPSA) is 107 Å². The Bertz CT molecular complexity index is 263. The molecule has 0 bridgehead atoms. The molecule has 1 fully saturated rings. The normalized spacial score (nSPS) is 28.7. The van der Waals surface area contributed by atoms with Gasteiger partial charge in [-0.3, -0.25) is 9.36 Å². The molecule has 1 aliphatic heterocycles. The standard InChI is InChI=1S/C7H14NO5P/c9-7(10)6-1-2-8-3-5(6)4-14(11,12)13/h5-6,8H,1-4H2,(H,9,10)(H2,11,12,13). The summed E-state index contributed by atoms with van der Waals surface area (Å²) >= 11 is 0. The van der Waals surface area contributed by atoms with Gasteiger partial charge < -0.3 is 20.2 Å². The molecule has 1 rings (SSSR count). The summed E-state index contributed by atoms with van der Waals surface area (Å²) in [5, 5.41) is 11.8. The Hall–Kier alpha value is -0.420. The molecule has 0 aromatic carbocycles. The van der Waals surface area contributed by atoms with Gasteiger partial charge >= 0.3 is 13.6 Å². The molecule has 2 atom stereocenters. The highest BCUT2D eigenvalue weighted by molar-refractivity contribution is 7.51. The van der Waals surface area contributed by atoms with Crippen molar-refractivity contribution in [2.75, 3.05) is 19.3 Å². The van der Waals surface area contributed by atoms with E-state index in [-0.39, 0.29) is 6.16 Å². The molecule has 7 heteroatoms. The van der Waals surface area contributed by atoms with Crippen LogP contribution >= 0.6 is 7.60 Å². The molecule has 1 saturated heterocycles. The van der Waals surface area contributed by atoms with Gasteiger partial charge in [0.1, 0.15) is 0 Å². The Labute approximate surface area is 81.5 Å². The van der Waals surface area contributed by atoms with Gasteiger partial charge in [0.25, 0.3) is 0 Å². The molecule has 0 radical (unpaired) electrons. The number of carboxylic acids is 1. The number of aliphatic carboxylic acids is 1. The van der Waals surface area contributed by atoms with Crippen LogP contribution in [0.5, 0.6) is 0 Å². The SMILES string of the molecule is O=C(O)C1CCNCC1CP(=O)(O)O. The van der Waals surface area contributed by atoms with Crippen LogP contribution in [-0.2, 0) is 9.36 Å². The maximum atomic E-state index is 10.8. The molecule has 6 nitrogen and oxygen atoms in total. The lowest BCUT2D eigenvalue weighted by molar-refractivity contribution is -0.144. The van der Waals surface area contributed by atoms with E-state index in [2.05, 4.69) is 5.32 Å². The van der Waals surface area contributed by atoms with Crippen LogP contribution in [0.1, 0.15) is 6.42 Å². The Morgan fingerprint density at radius 2 is 2.14 bits per heavy atom. The number of rotatable bonds is 3. The summed E-state index contributed by atoms with van der Waals surface area (Å²) in [4.78, 5) is 28.3. The quantitative estimate of drug-likeness (QED) is 0.479. The van der Waals surface area contributed by atoms with Crippen molar-refractivity contribution in [2.45, 2.75) is 6.42 Å². The van der Waals surface area contributed by atoms with Crippen LogP contribution in [0, 0.1) is 11.8 Å². The zero-order valence-corrected chi connectivity index (χ0v) is 8.48. The predicted octanol–water partition coefficient (Wildman–Crippen LogP) is -0.526. The van der Waals surface area contributed by atoms with Gasteiger partial charge in [0.2, 0.25) is 0 Å². The third kappa shape index (κ3) is 3.38. The van der Waals surface area contributed by atoms with Crippen molar-refractivity contribution in [3.63, 3.8) is 0 Å². The van der Waals surface area contributed by atoms with Gasteiger partial charge in [0, 0.05) is 0 Å². The first-order chi connectivity index (χ1) is 6.40. The smallest absolute Gasteiger partial charge is 0.325 e. The fourth-order valence-electron chi connectivity index (χ4n) is 1.75. The molecule has 0 aliphatic carbocycles. The third-order valence-corrected chi connectivity index (χ3v) is 3.34. The molecule has 0 saturated carbocycles. The van der Waals surface area contributed by atoms with Crippen molar-refractivity contribution in [3.05, 3.63) is 0 Å². The van der Waals surface area contributed by atoms with Crippen molar-refractivity contribution < 1.29 is 24.3 Å². The molecule has 1 aliphatic rings. The van der Waals surface area contributed by atoms with Gasteiger partial charge in [-0.2, -0.15) is 0 Å². The Morgan fingerprint density at radius 3 is 2.64 bits per heavy atom. The van der Waals surface area contributed by atoms with Crippen LogP contribution in [-0.4, -0.2) is 40.1 Å². The van der Waals surface area contributed by atoms with E-state index in [9.17, 15) is 9.36 Å². The maximum absolute atomic E-state index is 10.8. The highest BCUT2D eigenvalue weighted by Crippen LogP contribution is 2.39. The molecule has 0 aromatic rings. The summed E-state index contributed by atoms with van der Waals surface area (Å²) in [6.07, 6.45) is 0.0803. The number of carbonyl (C=O) groups is 1. The molecule has 82 valence electrons. The van der Waals surface area contributed by atoms with Crippen LogP contribution in [0.4, 0.5) is 0 Å². The average Bonchev–Trinajstić information content (AvgIpc) is 2.01. The molecular formula is C7H14NO5P. The van der Waals surface area contributed by atoms with Gasteiger partial charge in [-0.1, -0.05) is 0 Å². The number of hydrogen-bond donors (Lipinski definition) is 4. The van der Waals surface area contributed by atoms with E-state index in [4.69, 9.17) is 14.9 Å². The van der Waals surface area contributed by atoms with E-state index < -0.39 is 25.4 Å². The Kier molecular flexibility index (Phi) is 3.66. The van der Waals surface area contributed by atoms with Crippen LogP contribution < -0.4 is 5.32 Å². The van der Waals surface area contributed by atoms with Crippen LogP contribution in [0.25, 0.3) is 0 Å². The van der Waals surface area contributed by atoms with E-state index in [1.807, 2.05) is 0 Å². The fourth-order valence-corrected chi connectivity index (χ4v) is 2.74. The van der Waals surface area contributed by atoms with Crippen molar-refractivity contribution in [1.29, 1.82) is 0 Å². The monoisotopic (exact) mass is 223 g/mol. The molecule has 14 heavy (non-hydrogen) atoms. The van der Waals surface area contributed by atoms with Gasteiger partial charge in [0.05, 0.1) is 12.1 Å². The second-order valence-corrected chi connectivity index (χ2v) is 5.24. The molecule has 2 unspecified atom stereocenters. The molecule has 1 heterocycles.